The molecule has 1 N–H and O–H groups in total. The number of hydrogen-bond acceptors (Lipinski definition) is 2. The maximum atomic E-state index is 5.82. The van der Waals surface area contributed by atoms with Crippen LogP contribution >= 0.6 is 15.9 Å². The van der Waals surface area contributed by atoms with Crippen molar-refractivity contribution < 1.29 is 4.74 Å². The summed E-state index contributed by atoms with van der Waals surface area (Å²) in [4.78, 5) is 0. The molecule has 1 aliphatic rings. The van der Waals surface area contributed by atoms with Gasteiger partial charge in [-0.15, -0.1) is 0 Å². The fourth-order valence-electron chi connectivity index (χ4n) is 1.57. The van der Waals surface area contributed by atoms with Gasteiger partial charge in [-0.3, -0.25) is 0 Å². The Kier molecular flexibility index (Phi) is 3.08. The Labute approximate surface area is 92.8 Å². The van der Waals surface area contributed by atoms with Crippen molar-refractivity contribution in [3.8, 4) is 5.75 Å². The molecule has 0 amide bonds. The lowest BCUT2D eigenvalue weighted by Crippen LogP contribution is -2.19. The number of rotatable bonds is 2. The van der Waals surface area contributed by atoms with Crippen molar-refractivity contribution in [2.75, 3.05) is 13.1 Å². The number of ether oxygens (including phenoxy) is 1. The standard InChI is InChI=1S/C11H14BrNO/c1-8-2-3-9(6-11(8)12)14-10-4-5-13-7-10/h2-3,6,10,13H,4-5,7H2,1H3/t10-/m1/s1. The van der Waals surface area contributed by atoms with Crippen molar-refractivity contribution in [1.82, 2.24) is 5.32 Å². The Morgan fingerprint density at radius 1 is 1.50 bits per heavy atom. The number of benzene rings is 1. The molecule has 76 valence electrons. The molecule has 1 aliphatic heterocycles. The Hall–Kier alpha value is -0.540. The van der Waals surface area contributed by atoms with Gasteiger partial charge in [0.05, 0.1) is 0 Å². The number of aryl methyl sites for hydroxylation is 1. The first kappa shape index (κ1) is 9.99. The molecule has 0 saturated carbocycles. The van der Waals surface area contributed by atoms with Crippen molar-refractivity contribution in [1.29, 1.82) is 0 Å². The van der Waals surface area contributed by atoms with E-state index >= 15 is 0 Å². The molecule has 2 nitrogen and oxygen atoms in total. The minimum atomic E-state index is 0.338. The summed E-state index contributed by atoms with van der Waals surface area (Å²) in [6, 6.07) is 6.13. The molecule has 0 aliphatic carbocycles. The molecule has 1 aromatic carbocycles. The van der Waals surface area contributed by atoms with Crippen LogP contribution in [0.1, 0.15) is 12.0 Å². The highest BCUT2D eigenvalue weighted by molar-refractivity contribution is 9.10. The largest absolute Gasteiger partial charge is 0.489 e. The molecule has 1 aromatic rings. The number of hydrogen-bond donors (Lipinski definition) is 1. The molecule has 3 heteroatoms. The Balaban J connectivity index is 2.05. The molecule has 0 unspecified atom stereocenters. The summed E-state index contributed by atoms with van der Waals surface area (Å²) in [6.07, 6.45) is 1.44. The van der Waals surface area contributed by atoms with Crippen molar-refractivity contribution in [3.63, 3.8) is 0 Å². The lowest BCUT2D eigenvalue weighted by molar-refractivity contribution is 0.223. The van der Waals surface area contributed by atoms with Crippen LogP contribution in [0.5, 0.6) is 5.75 Å². The van der Waals surface area contributed by atoms with Gasteiger partial charge in [0.25, 0.3) is 0 Å². The monoisotopic (exact) mass is 255 g/mol. The number of halogens is 1. The molecular formula is C11H14BrNO. The Morgan fingerprint density at radius 2 is 2.36 bits per heavy atom. The first-order valence-electron chi connectivity index (χ1n) is 4.89. The third-order valence-corrected chi connectivity index (χ3v) is 3.32. The van der Waals surface area contributed by atoms with Crippen LogP contribution in [0.15, 0.2) is 22.7 Å². The average molecular weight is 256 g/mol. The molecule has 0 bridgehead atoms. The fraction of sp³-hybridized carbons (Fsp3) is 0.455. The van der Waals surface area contributed by atoms with Gasteiger partial charge >= 0.3 is 0 Å². The van der Waals surface area contributed by atoms with Crippen LogP contribution in [0.2, 0.25) is 0 Å². The maximum Gasteiger partial charge on any atom is 0.120 e. The van der Waals surface area contributed by atoms with Gasteiger partial charge in [0, 0.05) is 11.0 Å². The van der Waals surface area contributed by atoms with Crippen LogP contribution in [0.3, 0.4) is 0 Å². The molecule has 14 heavy (non-hydrogen) atoms. The number of nitrogens with one attached hydrogen (secondary N) is 1. The third kappa shape index (κ3) is 2.28. The smallest absolute Gasteiger partial charge is 0.120 e. The molecule has 1 saturated heterocycles. The predicted molar refractivity (Wildman–Crippen MR) is 60.8 cm³/mol. The predicted octanol–water partition coefficient (Wildman–Crippen LogP) is 2.50. The molecule has 2 rings (SSSR count). The van der Waals surface area contributed by atoms with Gasteiger partial charge < -0.3 is 10.1 Å². The first-order chi connectivity index (χ1) is 6.75. The van der Waals surface area contributed by atoms with Crippen LogP contribution in [-0.2, 0) is 0 Å². The van der Waals surface area contributed by atoms with E-state index < -0.39 is 0 Å². The van der Waals surface area contributed by atoms with Gasteiger partial charge in [0.2, 0.25) is 0 Å². The molecule has 1 atom stereocenters. The van der Waals surface area contributed by atoms with Gasteiger partial charge in [0.1, 0.15) is 11.9 Å². The van der Waals surface area contributed by atoms with E-state index in [9.17, 15) is 0 Å². The summed E-state index contributed by atoms with van der Waals surface area (Å²) in [6.45, 7) is 4.11. The van der Waals surface area contributed by atoms with Crippen LogP contribution < -0.4 is 10.1 Å². The molecular weight excluding hydrogens is 242 g/mol. The second-order valence-corrected chi connectivity index (χ2v) is 4.50. The van der Waals surface area contributed by atoms with E-state index in [0.29, 0.717) is 6.10 Å². The van der Waals surface area contributed by atoms with Gasteiger partial charge in [-0.2, -0.15) is 0 Å². The second-order valence-electron chi connectivity index (χ2n) is 3.64. The highest BCUT2D eigenvalue weighted by atomic mass is 79.9. The summed E-state index contributed by atoms with van der Waals surface area (Å²) >= 11 is 3.50. The quantitative estimate of drug-likeness (QED) is 0.877. The lowest BCUT2D eigenvalue weighted by Gasteiger charge is -2.13. The van der Waals surface area contributed by atoms with Crippen LogP contribution in [0, 0.1) is 6.92 Å². The van der Waals surface area contributed by atoms with Crippen molar-refractivity contribution >= 4 is 15.9 Å². The zero-order chi connectivity index (χ0) is 9.97. The van der Waals surface area contributed by atoms with Crippen LogP contribution in [0.4, 0.5) is 0 Å². The van der Waals surface area contributed by atoms with Crippen molar-refractivity contribution in [3.05, 3.63) is 28.2 Å². The lowest BCUT2D eigenvalue weighted by atomic mass is 10.2. The van der Waals surface area contributed by atoms with Crippen molar-refractivity contribution in [2.45, 2.75) is 19.4 Å². The van der Waals surface area contributed by atoms with Gasteiger partial charge in [-0.05, 0) is 37.6 Å². The third-order valence-electron chi connectivity index (χ3n) is 2.46. The summed E-state index contributed by atoms with van der Waals surface area (Å²) in [5, 5.41) is 3.28. The minimum absolute atomic E-state index is 0.338. The minimum Gasteiger partial charge on any atom is -0.489 e. The fourth-order valence-corrected chi connectivity index (χ4v) is 1.93. The van der Waals surface area contributed by atoms with Crippen molar-refractivity contribution in [2.24, 2.45) is 0 Å². The highest BCUT2D eigenvalue weighted by Gasteiger charge is 2.15. The zero-order valence-corrected chi connectivity index (χ0v) is 9.80. The molecule has 0 spiro atoms. The van der Waals surface area contributed by atoms with Gasteiger partial charge in [0.15, 0.2) is 0 Å². The second kappa shape index (κ2) is 4.32. The maximum absolute atomic E-state index is 5.82. The molecule has 1 fully saturated rings. The summed E-state index contributed by atoms with van der Waals surface area (Å²) in [7, 11) is 0. The summed E-state index contributed by atoms with van der Waals surface area (Å²) in [5.74, 6) is 0.955. The summed E-state index contributed by atoms with van der Waals surface area (Å²) < 4.78 is 6.93. The molecule has 0 aromatic heterocycles. The first-order valence-corrected chi connectivity index (χ1v) is 5.68. The average Bonchev–Trinajstić information content (AvgIpc) is 2.64. The van der Waals surface area contributed by atoms with E-state index in [-0.39, 0.29) is 0 Å². The normalized spacial score (nSPS) is 21.1. The zero-order valence-electron chi connectivity index (χ0n) is 8.22. The van der Waals surface area contributed by atoms with Gasteiger partial charge in [-0.1, -0.05) is 22.0 Å². The topological polar surface area (TPSA) is 21.3 Å². The van der Waals surface area contributed by atoms with Crippen LogP contribution in [0.25, 0.3) is 0 Å². The highest BCUT2D eigenvalue weighted by Crippen LogP contribution is 2.23. The van der Waals surface area contributed by atoms with E-state index in [2.05, 4.69) is 34.2 Å². The van der Waals surface area contributed by atoms with Crippen LogP contribution in [-0.4, -0.2) is 19.2 Å². The van der Waals surface area contributed by atoms with E-state index in [4.69, 9.17) is 4.74 Å². The van der Waals surface area contributed by atoms with E-state index in [1.54, 1.807) is 0 Å². The molecule has 0 radical (unpaired) electrons. The Bertz CT molecular complexity index is 321. The van der Waals surface area contributed by atoms with E-state index in [1.165, 1.54) is 5.56 Å². The SMILES string of the molecule is Cc1ccc(O[C@@H]2CCNC2)cc1Br. The Morgan fingerprint density at radius 3 is 3.00 bits per heavy atom. The van der Waals surface area contributed by atoms with E-state index in [0.717, 1.165) is 29.7 Å². The van der Waals surface area contributed by atoms with E-state index in [1.807, 2.05) is 12.1 Å². The molecule has 1 heterocycles. The summed E-state index contributed by atoms with van der Waals surface area (Å²) in [5.41, 5.74) is 1.24. The van der Waals surface area contributed by atoms with Gasteiger partial charge in [-0.25, -0.2) is 0 Å².